The fourth-order valence-corrected chi connectivity index (χ4v) is 3.47. The van der Waals surface area contributed by atoms with Crippen LogP contribution < -0.4 is 15.2 Å². The molecule has 37 heavy (non-hydrogen) atoms. The Balaban J connectivity index is 3.23. The predicted octanol–water partition coefficient (Wildman–Crippen LogP) is 4.79. The third-order valence-corrected chi connectivity index (χ3v) is 5.36. The van der Waals surface area contributed by atoms with Gasteiger partial charge in [0.1, 0.15) is 6.04 Å². The highest BCUT2D eigenvalue weighted by Gasteiger charge is 2.33. The number of nitrogens with two attached hydrogens (primary N) is 1. The number of benzene rings is 1. The maximum absolute atomic E-state index is 12.1. The lowest BCUT2D eigenvalue weighted by Gasteiger charge is -2.28. The number of carboxylic acid groups (broad SMARTS) is 1. The molecule has 0 saturated heterocycles. The van der Waals surface area contributed by atoms with Gasteiger partial charge in [0.15, 0.2) is 11.5 Å². The molecule has 0 amide bonds. The van der Waals surface area contributed by atoms with Crippen LogP contribution in [-0.4, -0.2) is 55.2 Å². The van der Waals surface area contributed by atoms with Crippen molar-refractivity contribution in [2.45, 2.75) is 78.2 Å². The molecule has 0 aliphatic rings. The van der Waals surface area contributed by atoms with Crippen LogP contribution in [0.1, 0.15) is 77.7 Å². The van der Waals surface area contributed by atoms with Gasteiger partial charge in [-0.25, -0.2) is 9.59 Å². The first-order valence-electron chi connectivity index (χ1n) is 12.6. The lowest BCUT2D eigenvalue weighted by Crippen LogP contribution is -2.40. The lowest BCUT2D eigenvalue weighted by atomic mass is 9.82. The van der Waals surface area contributed by atoms with Crippen LogP contribution in [0.2, 0.25) is 0 Å². The van der Waals surface area contributed by atoms with Crippen LogP contribution in [0, 0.1) is 5.92 Å². The summed E-state index contributed by atoms with van der Waals surface area (Å²) in [5.41, 5.74) is 6.38. The van der Waals surface area contributed by atoms with E-state index in [1.165, 1.54) is 18.2 Å². The van der Waals surface area contributed by atoms with Crippen molar-refractivity contribution in [3.8, 4) is 11.5 Å². The molecule has 11 nitrogen and oxygen atoms in total. The van der Waals surface area contributed by atoms with Gasteiger partial charge in [-0.05, 0) is 42.9 Å². The van der Waals surface area contributed by atoms with E-state index in [1.807, 2.05) is 20.8 Å². The van der Waals surface area contributed by atoms with Gasteiger partial charge < -0.3 is 34.5 Å². The average Bonchev–Trinajstić information content (AvgIpc) is 2.86. The van der Waals surface area contributed by atoms with Crippen molar-refractivity contribution >= 4 is 24.2 Å². The number of esters is 1. The SMILES string of the molecule is CCCCCC(=O)OCC(C)C(c1ccc(OC(=O)OCCC)c(OC(=O)OCCC)c1)[C@H](N)C(=O)O. The Bertz CT molecular complexity index is 888. The largest absolute Gasteiger partial charge is 0.513 e. The number of unbranched alkanes of at least 4 members (excludes halogenated alkanes) is 2. The van der Waals surface area contributed by atoms with E-state index >= 15 is 0 Å². The highest BCUT2D eigenvalue weighted by Crippen LogP contribution is 2.36. The first-order valence-corrected chi connectivity index (χ1v) is 12.6. The molecule has 0 radical (unpaired) electrons. The normalized spacial score (nSPS) is 13.1. The number of aliphatic carboxylic acids is 1. The zero-order valence-corrected chi connectivity index (χ0v) is 22.0. The van der Waals surface area contributed by atoms with E-state index in [1.54, 1.807) is 6.92 Å². The van der Waals surface area contributed by atoms with E-state index < -0.39 is 36.2 Å². The van der Waals surface area contributed by atoms with Gasteiger partial charge in [-0.2, -0.15) is 0 Å². The standard InChI is InChI=1S/C26H39NO10/c1-5-8-9-10-21(28)35-16-17(4)22(23(27)24(29)30)18-11-12-19(36-25(31)33-13-6-2)20(15-18)37-26(32)34-14-7-3/h11-12,15,17,22-23H,5-10,13-14,16,27H2,1-4H3,(H,29,30)/t17?,22?,23-/m0/s1. The van der Waals surface area contributed by atoms with Gasteiger partial charge in [0.2, 0.25) is 0 Å². The van der Waals surface area contributed by atoms with Gasteiger partial charge >= 0.3 is 24.2 Å². The third kappa shape index (κ3) is 11.5. The molecule has 208 valence electrons. The zero-order valence-electron chi connectivity index (χ0n) is 22.0. The molecule has 0 saturated carbocycles. The second-order valence-corrected chi connectivity index (χ2v) is 8.61. The third-order valence-electron chi connectivity index (χ3n) is 5.36. The fraction of sp³-hybridized carbons (Fsp3) is 0.615. The van der Waals surface area contributed by atoms with E-state index in [0.717, 1.165) is 12.8 Å². The van der Waals surface area contributed by atoms with Gasteiger partial charge in [0, 0.05) is 12.3 Å². The molecule has 0 aromatic heterocycles. The van der Waals surface area contributed by atoms with Crippen molar-refractivity contribution in [3.63, 3.8) is 0 Å². The summed E-state index contributed by atoms with van der Waals surface area (Å²) in [5.74, 6) is -3.30. The highest BCUT2D eigenvalue weighted by atomic mass is 16.7. The molecular weight excluding hydrogens is 486 g/mol. The van der Waals surface area contributed by atoms with Crippen molar-refractivity contribution in [2.24, 2.45) is 11.7 Å². The number of carboxylic acids is 1. The molecule has 3 N–H and O–H groups in total. The van der Waals surface area contributed by atoms with Crippen LogP contribution in [0.3, 0.4) is 0 Å². The summed E-state index contributed by atoms with van der Waals surface area (Å²) in [4.78, 5) is 48.0. The molecule has 0 aliphatic heterocycles. The fourth-order valence-electron chi connectivity index (χ4n) is 3.47. The van der Waals surface area contributed by atoms with E-state index in [0.29, 0.717) is 24.8 Å². The number of hydrogen-bond donors (Lipinski definition) is 2. The summed E-state index contributed by atoms with van der Waals surface area (Å²) >= 11 is 0. The van der Waals surface area contributed by atoms with Crippen LogP contribution in [0.4, 0.5) is 9.59 Å². The monoisotopic (exact) mass is 525 g/mol. The smallest absolute Gasteiger partial charge is 0.480 e. The minimum Gasteiger partial charge on any atom is -0.480 e. The lowest BCUT2D eigenvalue weighted by molar-refractivity contribution is -0.145. The van der Waals surface area contributed by atoms with Crippen LogP contribution in [0.25, 0.3) is 0 Å². The quantitative estimate of drug-likeness (QED) is 0.132. The Labute approximate surface area is 217 Å². The maximum atomic E-state index is 12.1. The Morgan fingerprint density at radius 3 is 2.00 bits per heavy atom. The molecule has 1 rings (SSSR count). The summed E-state index contributed by atoms with van der Waals surface area (Å²) in [6, 6.07) is 2.83. The molecule has 0 spiro atoms. The minimum atomic E-state index is -1.37. The number of carbonyl (C=O) groups is 4. The number of ether oxygens (including phenoxy) is 5. The Morgan fingerprint density at radius 2 is 1.46 bits per heavy atom. The summed E-state index contributed by atoms with van der Waals surface area (Å²) in [6.45, 7) is 7.54. The van der Waals surface area contributed by atoms with Gasteiger partial charge in [0.25, 0.3) is 0 Å². The van der Waals surface area contributed by atoms with E-state index in [9.17, 15) is 24.3 Å². The molecule has 0 aliphatic carbocycles. The van der Waals surface area contributed by atoms with Crippen molar-refractivity contribution in [1.29, 1.82) is 0 Å². The summed E-state index contributed by atoms with van der Waals surface area (Å²) in [7, 11) is 0. The van der Waals surface area contributed by atoms with Gasteiger partial charge in [-0.15, -0.1) is 0 Å². The number of carbonyl (C=O) groups excluding carboxylic acids is 3. The molecule has 0 bridgehead atoms. The zero-order chi connectivity index (χ0) is 27.8. The van der Waals surface area contributed by atoms with E-state index in [2.05, 4.69) is 0 Å². The molecule has 2 unspecified atom stereocenters. The Kier molecular flexibility index (Phi) is 14.7. The van der Waals surface area contributed by atoms with Crippen LogP contribution in [0.5, 0.6) is 11.5 Å². The van der Waals surface area contributed by atoms with Gasteiger partial charge in [-0.3, -0.25) is 9.59 Å². The topological polar surface area (TPSA) is 161 Å². The predicted molar refractivity (Wildman–Crippen MR) is 134 cm³/mol. The van der Waals surface area contributed by atoms with Crippen molar-refractivity contribution in [3.05, 3.63) is 23.8 Å². The van der Waals surface area contributed by atoms with E-state index in [4.69, 9.17) is 29.4 Å². The first kappa shape index (κ1) is 31.7. The van der Waals surface area contributed by atoms with Gasteiger partial charge in [0.05, 0.1) is 19.8 Å². The number of hydrogen-bond acceptors (Lipinski definition) is 10. The van der Waals surface area contributed by atoms with Crippen LogP contribution in [-0.2, 0) is 23.8 Å². The molecular formula is C26H39NO10. The molecule has 11 heteroatoms. The first-order chi connectivity index (χ1) is 17.6. The minimum absolute atomic E-state index is 0.0626. The second kappa shape index (κ2) is 17.2. The molecule has 0 fully saturated rings. The number of rotatable bonds is 16. The van der Waals surface area contributed by atoms with E-state index in [-0.39, 0.29) is 43.7 Å². The summed E-state index contributed by atoms with van der Waals surface area (Å²) in [6.07, 6.45) is 1.96. The highest BCUT2D eigenvalue weighted by molar-refractivity contribution is 5.75. The van der Waals surface area contributed by atoms with Crippen molar-refractivity contribution < 1.29 is 48.0 Å². The Morgan fingerprint density at radius 1 is 0.865 bits per heavy atom. The summed E-state index contributed by atoms with van der Waals surface area (Å²) in [5, 5.41) is 9.63. The average molecular weight is 526 g/mol. The Hall–Kier alpha value is -3.34. The molecule has 0 heterocycles. The van der Waals surface area contributed by atoms with Crippen LogP contribution >= 0.6 is 0 Å². The maximum Gasteiger partial charge on any atom is 0.513 e. The second-order valence-electron chi connectivity index (χ2n) is 8.61. The van der Waals surface area contributed by atoms with Crippen molar-refractivity contribution in [2.75, 3.05) is 19.8 Å². The van der Waals surface area contributed by atoms with Gasteiger partial charge in [-0.1, -0.05) is 46.6 Å². The van der Waals surface area contributed by atoms with Crippen molar-refractivity contribution in [1.82, 2.24) is 0 Å². The molecule has 3 atom stereocenters. The summed E-state index contributed by atoms with van der Waals surface area (Å²) < 4.78 is 25.6. The van der Waals surface area contributed by atoms with Crippen LogP contribution in [0.15, 0.2) is 18.2 Å². The molecule has 1 aromatic rings. The molecule has 1 aromatic carbocycles.